The number of nitrogens with zero attached hydrogens (tertiary/aromatic N) is 3. The van der Waals surface area contributed by atoms with Gasteiger partial charge in [0.25, 0.3) is 5.91 Å². The maximum Gasteiger partial charge on any atom is 0.271 e. The van der Waals surface area contributed by atoms with Crippen molar-refractivity contribution in [3.05, 3.63) is 106 Å². The molecule has 8 heteroatoms. The maximum absolute atomic E-state index is 12.5. The van der Waals surface area contributed by atoms with E-state index in [1.807, 2.05) is 80.6 Å². The smallest absolute Gasteiger partial charge is 0.271 e. The fraction of sp³-hybridized carbons (Fsp3) is 0.154. The van der Waals surface area contributed by atoms with Crippen molar-refractivity contribution in [1.82, 2.24) is 15.6 Å². The molecule has 4 aromatic rings. The minimum Gasteiger partial charge on any atom is -0.489 e. The fourth-order valence-electron chi connectivity index (χ4n) is 3.03. The topological polar surface area (TPSA) is 76.5 Å². The van der Waals surface area contributed by atoms with Crippen molar-refractivity contribution in [1.29, 1.82) is 0 Å². The maximum atomic E-state index is 12.5. The molecule has 0 saturated heterocycles. The van der Waals surface area contributed by atoms with Crippen LogP contribution in [0.5, 0.6) is 5.75 Å². The second-order valence-electron chi connectivity index (χ2n) is 7.51. The third kappa shape index (κ3) is 6.76. The van der Waals surface area contributed by atoms with Crippen LogP contribution < -0.4 is 10.2 Å². The van der Waals surface area contributed by atoms with Gasteiger partial charge < -0.3 is 4.74 Å². The summed E-state index contributed by atoms with van der Waals surface area (Å²) in [6.45, 7) is 4.31. The number of aryl methyl sites for hydroxylation is 1. The molecule has 0 saturated carbocycles. The van der Waals surface area contributed by atoms with Crippen molar-refractivity contribution in [2.45, 2.75) is 30.5 Å². The van der Waals surface area contributed by atoms with E-state index in [0.717, 1.165) is 37.5 Å². The lowest BCUT2D eigenvalue weighted by molar-refractivity contribution is 0.0955. The average Bonchev–Trinajstić information content (AvgIpc) is 3.31. The lowest BCUT2D eigenvalue weighted by atomic mass is 10.1. The molecule has 0 aliphatic heterocycles. The van der Waals surface area contributed by atoms with Gasteiger partial charge in [-0.05, 0) is 66.9 Å². The van der Waals surface area contributed by atoms with E-state index in [-0.39, 0.29) is 5.91 Å². The first kappa shape index (κ1) is 23.7. The Labute approximate surface area is 207 Å². The van der Waals surface area contributed by atoms with Gasteiger partial charge in [-0.1, -0.05) is 65.6 Å². The highest BCUT2D eigenvalue weighted by molar-refractivity contribution is 8.00. The number of hydrazone groups is 1. The van der Waals surface area contributed by atoms with Gasteiger partial charge >= 0.3 is 0 Å². The van der Waals surface area contributed by atoms with E-state index in [9.17, 15) is 4.79 Å². The van der Waals surface area contributed by atoms with Gasteiger partial charge in [-0.3, -0.25) is 4.79 Å². The quantitative estimate of drug-likeness (QED) is 0.181. The lowest BCUT2D eigenvalue weighted by Gasteiger charge is -2.08. The SMILES string of the molecule is C/C(=N\NC(=O)c1ccc(CSc2nnc(C)s2)cc1)c1ccc(OCc2ccccc2)cc1. The van der Waals surface area contributed by atoms with Crippen LogP contribution in [0.3, 0.4) is 0 Å². The predicted octanol–water partition coefficient (Wildman–Crippen LogP) is 5.87. The lowest BCUT2D eigenvalue weighted by Crippen LogP contribution is -2.19. The Hall–Kier alpha value is -3.49. The molecule has 0 bridgehead atoms. The Balaban J connectivity index is 1.27. The monoisotopic (exact) mass is 488 g/mol. The van der Waals surface area contributed by atoms with Crippen LogP contribution in [-0.2, 0) is 12.4 Å². The van der Waals surface area contributed by atoms with Crippen LogP contribution in [-0.4, -0.2) is 21.8 Å². The summed E-state index contributed by atoms with van der Waals surface area (Å²) in [5, 5.41) is 13.3. The molecule has 0 spiro atoms. The molecular weight excluding hydrogens is 464 g/mol. The summed E-state index contributed by atoms with van der Waals surface area (Å²) < 4.78 is 6.76. The minimum absolute atomic E-state index is 0.249. The second-order valence-corrected chi connectivity index (χ2v) is 9.91. The van der Waals surface area contributed by atoms with E-state index in [0.29, 0.717) is 17.9 Å². The van der Waals surface area contributed by atoms with E-state index in [4.69, 9.17) is 4.74 Å². The van der Waals surface area contributed by atoms with Crippen LogP contribution in [0.4, 0.5) is 0 Å². The molecule has 4 rings (SSSR count). The van der Waals surface area contributed by atoms with Gasteiger partial charge in [0.05, 0.1) is 5.71 Å². The van der Waals surface area contributed by atoms with Gasteiger partial charge in [-0.2, -0.15) is 5.10 Å². The largest absolute Gasteiger partial charge is 0.489 e. The summed E-state index contributed by atoms with van der Waals surface area (Å²) in [6, 6.07) is 25.2. The molecule has 1 aromatic heterocycles. The van der Waals surface area contributed by atoms with Crippen LogP contribution in [0, 0.1) is 6.92 Å². The van der Waals surface area contributed by atoms with Gasteiger partial charge in [0.1, 0.15) is 17.4 Å². The van der Waals surface area contributed by atoms with Gasteiger partial charge in [0.2, 0.25) is 0 Å². The van der Waals surface area contributed by atoms with E-state index in [2.05, 4.69) is 20.7 Å². The Morgan fingerprint density at radius 1 is 0.941 bits per heavy atom. The molecule has 0 unspecified atom stereocenters. The van der Waals surface area contributed by atoms with Crippen molar-refractivity contribution in [3.8, 4) is 5.75 Å². The Kier molecular flexibility index (Phi) is 8.06. The molecule has 1 heterocycles. The highest BCUT2D eigenvalue weighted by Crippen LogP contribution is 2.25. The molecule has 172 valence electrons. The Bertz CT molecular complexity index is 1250. The first-order chi connectivity index (χ1) is 16.6. The molecule has 0 aliphatic rings. The number of ether oxygens (including phenoxy) is 1. The number of benzene rings is 3. The van der Waals surface area contributed by atoms with Crippen LogP contribution in [0.2, 0.25) is 0 Å². The zero-order valence-electron chi connectivity index (χ0n) is 18.9. The summed E-state index contributed by atoms with van der Waals surface area (Å²) >= 11 is 3.22. The number of nitrogens with one attached hydrogen (secondary N) is 1. The molecule has 6 nitrogen and oxygen atoms in total. The number of carbonyl (C=O) groups excluding carboxylic acids is 1. The van der Waals surface area contributed by atoms with Crippen LogP contribution in [0.15, 0.2) is 88.3 Å². The summed E-state index contributed by atoms with van der Waals surface area (Å²) in [7, 11) is 0. The first-order valence-electron chi connectivity index (χ1n) is 10.7. The molecule has 0 aliphatic carbocycles. The summed E-state index contributed by atoms with van der Waals surface area (Å²) in [5.74, 6) is 1.31. The molecule has 3 aromatic carbocycles. The number of carbonyl (C=O) groups is 1. The van der Waals surface area contributed by atoms with Gasteiger partial charge in [-0.15, -0.1) is 10.2 Å². The molecular formula is C26H24N4O2S2. The van der Waals surface area contributed by atoms with E-state index in [1.54, 1.807) is 35.2 Å². The second kappa shape index (κ2) is 11.6. The standard InChI is InChI=1S/C26H24N4O2S2/c1-18(22-12-14-24(15-13-22)32-16-20-6-4-3-5-7-20)27-29-25(31)23-10-8-21(9-11-23)17-33-26-30-28-19(2)34-26/h3-15H,16-17H2,1-2H3,(H,29,31)/b27-18+. The molecule has 1 amide bonds. The molecule has 34 heavy (non-hydrogen) atoms. The number of hydrogen-bond acceptors (Lipinski definition) is 7. The number of aromatic nitrogens is 2. The third-order valence-electron chi connectivity index (χ3n) is 4.93. The highest BCUT2D eigenvalue weighted by Gasteiger charge is 2.07. The van der Waals surface area contributed by atoms with Crippen molar-refractivity contribution >= 4 is 34.7 Å². The number of rotatable bonds is 9. The van der Waals surface area contributed by atoms with Crippen molar-refractivity contribution in [2.75, 3.05) is 0 Å². The number of thioether (sulfide) groups is 1. The van der Waals surface area contributed by atoms with Crippen LogP contribution >= 0.6 is 23.1 Å². The van der Waals surface area contributed by atoms with E-state index < -0.39 is 0 Å². The molecule has 0 fully saturated rings. The van der Waals surface area contributed by atoms with Gasteiger partial charge in [-0.25, -0.2) is 5.43 Å². The normalized spacial score (nSPS) is 11.3. The first-order valence-corrected chi connectivity index (χ1v) is 12.5. The van der Waals surface area contributed by atoms with Gasteiger partial charge in [0.15, 0.2) is 4.34 Å². The predicted molar refractivity (Wildman–Crippen MR) is 138 cm³/mol. The van der Waals surface area contributed by atoms with Gasteiger partial charge in [0, 0.05) is 11.3 Å². The molecule has 0 radical (unpaired) electrons. The van der Waals surface area contributed by atoms with Crippen molar-refractivity contribution < 1.29 is 9.53 Å². The zero-order chi connectivity index (χ0) is 23.8. The van der Waals surface area contributed by atoms with Crippen LogP contribution in [0.1, 0.15) is 39.0 Å². The Morgan fingerprint density at radius 2 is 1.65 bits per heavy atom. The average molecular weight is 489 g/mol. The third-order valence-corrected chi connectivity index (χ3v) is 6.97. The summed E-state index contributed by atoms with van der Waals surface area (Å²) in [4.78, 5) is 12.5. The summed E-state index contributed by atoms with van der Waals surface area (Å²) in [5.41, 5.74) is 7.04. The highest BCUT2D eigenvalue weighted by atomic mass is 32.2. The van der Waals surface area contributed by atoms with Crippen molar-refractivity contribution in [2.24, 2.45) is 5.10 Å². The minimum atomic E-state index is -0.249. The van der Waals surface area contributed by atoms with Crippen LogP contribution in [0.25, 0.3) is 0 Å². The zero-order valence-corrected chi connectivity index (χ0v) is 20.5. The van der Waals surface area contributed by atoms with E-state index >= 15 is 0 Å². The number of hydrogen-bond donors (Lipinski definition) is 1. The van der Waals surface area contributed by atoms with E-state index in [1.165, 1.54) is 0 Å². The Morgan fingerprint density at radius 3 is 2.32 bits per heavy atom. The number of amides is 1. The fourth-order valence-corrected chi connectivity index (χ4v) is 4.80. The molecule has 1 N–H and O–H groups in total. The van der Waals surface area contributed by atoms with Crippen molar-refractivity contribution in [3.63, 3.8) is 0 Å². The summed E-state index contributed by atoms with van der Waals surface area (Å²) in [6.07, 6.45) is 0. The molecule has 0 atom stereocenters.